The number of ether oxygens (including phenoxy) is 2. The van der Waals surface area contributed by atoms with Gasteiger partial charge in [0.15, 0.2) is 0 Å². The molecule has 2 rings (SSSR count). The molecular formula is C16H17ClFNO4S. The number of anilines is 1. The molecule has 0 atom stereocenters. The van der Waals surface area contributed by atoms with Crippen molar-refractivity contribution in [2.75, 3.05) is 24.8 Å². The van der Waals surface area contributed by atoms with Crippen LogP contribution in [0.15, 0.2) is 36.4 Å². The van der Waals surface area contributed by atoms with Gasteiger partial charge >= 0.3 is 0 Å². The molecule has 0 N–H and O–H groups in total. The van der Waals surface area contributed by atoms with Crippen molar-refractivity contribution in [2.24, 2.45) is 0 Å². The molecule has 5 nitrogen and oxygen atoms in total. The van der Waals surface area contributed by atoms with Crippen LogP contribution in [0.5, 0.6) is 11.5 Å². The second-order valence-electron chi connectivity index (χ2n) is 5.01. The van der Waals surface area contributed by atoms with E-state index < -0.39 is 15.8 Å². The number of nitrogens with zero attached hydrogens (tertiary/aromatic N) is 1. The van der Waals surface area contributed by atoms with Crippen LogP contribution in [0.4, 0.5) is 10.1 Å². The van der Waals surface area contributed by atoms with Gasteiger partial charge in [0.2, 0.25) is 10.0 Å². The summed E-state index contributed by atoms with van der Waals surface area (Å²) in [6, 6.07) is 8.91. The van der Waals surface area contributed by atoms with Crippen LogP contribution in [0.3, 0.4) is 0 Å². The molecule has 0 amide bonds. The molecule has 0 aromatic heterocycles. The summed E-state index contributed by atoms with van der Waals surface area (Å²) in [7, 11) is -0.854. The molecule has 0 heterocycles. The molecule has 0 aliphatic rings. The molecule has 0 bridgehead atoms. The standard InChI is InChI=1S/C16H17ClFNO4S/c1-22-11-7-8-16(23-2)15(9-11)19(24(3,20)21)10-12-13(17)5-4-6-14(12)18/h4-9H,10H2,1-3H3. The van der Waals surface area contributed by atoms with Crippen LogP contribution < -0.4 is 13.8 Å². The third kappa shape index (κ3) is 3.91. The minimum Gasteiger partial charge on any atom is -0.497 e. The number of hydrogen-bond donors (Lipinski definition) is 0. The minimum absolute atomic E-state index is 0.0782. The van der Waals surface area contributed by atoms with E-state index in [0.717, 1.165) is 10.6 Å². The van der Waals surface area contributed by atoms with Crippen molar-refractivity contribution in [3.05, 3.63) is 52.8 Å². The van der Waals surface area contributed by atoms with Crippen LogP contribution in [0.25, 0.3) is 0 Å². The van der Waals surface area contributed by atoms with E-state index in [1.807, 2.05) is 0 Å². The van der Waals surface area contributed by atoms with E-state index in [1.165, 1.54) is 38.5 Å². The van der Waals surface area contributed by atoms with Crippen LogP contribution in [0.1, 0.15) is 5.56 Å². The number of methoxy groups -OCH3 is 2. The largest absolute Gasteiger partial charge is 0.497 e. The van der Waals surface area contributed by atoms with Crippen LogP contribution in [-0.2, 0) is 16.6 Å². The quantitative estimate of drug-likeness (QED) is 0.778. The molecule has 130 valence electrons. The van der Waals surface area contributed by atoms with Crippen LogP contribution in [0, 0.1) is 5.82 Å². The van der Waals surface area contributed by atoms with Crippen molar-refractivity contribution in [2.45, 2.75) is 6.54 Å². The van der Waals surface area contributed by atoms with Crippen molar-refractivity contribution in [1.82, 2.24) is 0 Å². The SMILES string of the molecule is COc1ccc(OC)c(N(Cc2c(F)cccc2Cl)S(C)(=O)=O)c1. The number of benzene rings is 2. The number of rotatable bonds is 6. The Hall–Kier alpha value is -1.99. The van der Waals surface area contributed by atoms with E-state index in [1.54, 1.807) is 12.1 Å². The summed E-state index contributed by atoms with van der Waals surface area (Å²) in [5, 5.41) is 0.144. The zero-order valence-corrected chi connectivity index (χ0v) is 15.0. The van der Waals surface area contributed by atoms with Gasteiger partial charge in [-0.2, -0.15) is 0 Å². The minimum atomic E-state index is -3.73. The smallest absolute Gasteiger partial charge is 0.232 e. The maximum Gasteiger partial charge on any atom is 0.232 e. The fourth-order valence-corrected chi connectivity index (χ4v) is 3.29. The van der Waals surface area contributed by atoms with Gasteiger partial charge in [0.05, 0.1) is 32.7 Å². The monoisotopic (exact) mass is 373 g/mol. The molecule has 0 aliphatic carbocycles. The van der Waals surface area contributed by atoms with E-state index in [2.05, 4.69) is 0 Å². The first kappa shape index (κ1) is 18.4. The first-order valence-electron chi connectivity index (χ1n) is 6.90. The van der Waals surface area contributed by atoms with E-state index in [-0.39, 0.29) is 22.8 Å². The van der Waals surface area contributed by atoms with Gasteiger partial charge in [0, 0.05) is 16.7 Å². The molecule has 2 aromatic carbocycles. The highest BCUT2D eigenvalue weighted by molar-refractivity contribution is 7.92. The number of halogens is 2. The third-order valence-corrected chi connectivity index (χ3v) is 4.90. The molecular weight excluding hydrogens is 357 g/mol. The Balaban J connectivity index is 2.59. The third-order valence-electron chi connectivity index (χ3n) is 3.42. The average Bonchev–Trinajstić information content (AvgIpc) is 2.53. The Morgan fingerprint density at radius 1 is 1.17 bits per heavy atom. The molecule has 0 fully saturated rings. The zero-order chi connectivity index (χ0) is 17.9. The molecule has 8 heteroatoms. The highest BCUT2D eigenvalue weighted by Crippen LogP contribution is 2.35. The van der Waals surface area contributed by atoms with Crippen molar-refractivity contribution in [1.29, 1.82) is 0 Å². The predicted octanol–water partition coefficient (Wildman–Crippen LogP) is 3.46. The maximum atomic E-state index is 14.1. The number of sulfonamides is 1. The van der Waals surface area contributed by atoms with Gasteiger partial charge in [0.1, 0.15) is 17.3 Å². The van der Waals surface area contributed by atoms with Crippen LogP contribution in [-0.4, -0.2) is 28.9 Å². The van der Waals surface area contributed by atoms with E-state index in [4.69, 9.17) is 21.1 Å². The second kappa shape index (κ2) is 7.27. The van der Waals surface area contributed by atoms with Crippen LogP contribution >= 0.6 is 11.6 Å². The lowest BCUT2D eigenvalue weighted by molar-refractivity contribution is 0.403. The van der Waals surface area contributed by atoms with Crippen molar-refractivity contribution in [3.63, 3.8) is 0 Å². The Kier molecular flexibility index (Phi) is 5.56. The predicted molar refractivity (Wildman–Crippen MR) is 92.0 cm³/mol. The Labute approximate surface area is 145 Å². The highest BCUT2D eigenvalue weighted by Gasteiger charge is 2.24. The Bertz CT molecular complexity index is 822. The van der Waals surface area contributed by atoms with Gasteiger partial charge in [-0.15, -0.1) is 0 Å². The Morgan fingerprint density at radius 3 is 2.42 bits per heavy atom. The lowest BCUT2D eigenvalue weighted by atomic mass is 10.2. The lowest BCUT2D eigenvalue weighted by Gasteiger charge is -2.25. The summed E-state index contributed by atoms with van der Waals surface area (Å²) in [5.41, 5.74) is 0.313. The highest BCUT2D eigenvalue weighted by atomic mass is 35.5. The van der Waals surface area contributed by atoms with Gasteiger partial charge in [0.25, 0.3) is 0 Å². The van der Waals surface area contributed by atoms with Crippen molar-refractivity contribution < 1.29 is 22.3 Å². The molecule has 0 aliphatic heterocycles. The fourth-order valence-electron chi connectivity index (χ4n) is 2.20. The summed E-state index contributed by atoms with van der Waals surface area (Å²) in [4.78, 5) is 0. The summed E-state index contributed by atoms with van der Waals surface area (Å²) in [6.07, 6.45) is 1.03. The van der Waals surface area contributed by atoms with Crippen LogP contribution in [0.2, 0.25) is 5.02 Å². The molecule has 24 heavy (non-hydrogen) atoms. The molecule has 0 spiro atoms. The first-order chi connectivity index (χ1) is 11.3. The molecule has 2 aromatic rings. The topological polar surface area (TPSA) is 55.8 Å². The molecule has 0 unspecified atom stereocenters. The fraction of sp³-hybridized carbons (Fsp3) is 0.250. The first-order valence-corrected chi connectivity index (χ1v) is 9.13. The average molecular weight is 374 g/mol. The van der Waals surface area contributed by atoms with Gasteiger partial charge in [-0.1, -0.05) is 17.7 Å². The summed E-state index contributed by atoms with van der Waals surface area (Å²) in [6.45, 7) is -0.270. The van der Waals surface area contributed by atoms with Crippen molar-refractivity contribution in [3.8, 4) is 11.5 Å². The Morgan fingerprint density at radius 2 is 1.88 bits per heavy atom. The van der Waals surface area contributed by atoms with Gasteiger partial charge in [-0.25, -0.2) is 12.8 Å². The van der Waals surface area contributed by atoms with Gasteiger partial charge < -0.3 is 9.47 Å². The molecule has 0 saturated heterocycles. The van der Waals surface area contributed by atoms with E-state index >= 15 is 0 Å². The lowest BCUT2D eigenvalue weighted by Crippen LogP contribution is -2.30. The summed E-state index contributed by atoms with van der Waals surface area (Å²) < 4.78 is 50.1. The zero-order valence-electron chi connectivity index (χ0n) is 13.4. The molecule has 0 saturated carbocycles. The maximum absolute atomic E-state index is 14.1. The van der Waals surface area contributed by atoms with E-state index in [9.17, 15) is 12.8 Å². The van der Waals surface area contributed by atoms with Gasteiger partial charge in [-0.3, -0.25) is 4.31 Å². The second-order valence-corrected chi connectivity index (χ2v) is 7.32. The van der Waals surface area contributed by atoms with Crippen molar-refractivity contribution >= 4 is 27.3 Å². The van der Waals surface area contributed by atoms with E-state index in [0.29, 0.717) is 11.5 Å². The number of hydrogen-bond acceptors (Lipinski definition) is 4. The summed E-state index contributed by atoms with van der Waals surface area (Å²) >= 11 is 6.03. The normalized spacial score (nSPS) is 11.2. The van der Waals surface area contributed by atoms with Gasteiger partial charge in [-0.05, 0) is 24.3 Å². The summed E-state index contributed by atoms with van der Waals surface area (Å²) in [5.74, 6) is 0.172. The molecule has 0 radical (unpaired) electrons.